The van der Waals surface area contributed by atoms with Gasteiger partial charge in [0.15, 0.2) is 10.9 Å². The number of thiazole rings is 1. The number of aryl methyl sites for hydroxylation is 1. The van der Waals surface area contributed by atoms with E-state index in [1.165, 1.54) is 29.2 Å². The number of urea groups is 1. The SMILES string of the molecule is CCc1nc2sc([C@@H]3CC(N(C)C(N)=O)N4CCC=C34)nn2c1N(C)c1nc(-c2ccc(F)cc2)c(C#N)s1. The van der Waals surface area contributed by atoms with Crippen molar-refractivity contribution in [1.29, 1.82) is 5.26 Å². The Bertz CT molecular complexity index is 1650. The predicted octanol–water partition coefficient (Wildman–Crippen LogP) is 4.67. The molecule has 2 amide bonds. The Labute approximate surface area is 232 Å². The van der Waals surface area contributed by atoms with Crippen molar-refractivity contribution in [2.45, 2.75) is 38.3 Å². The molecule has 3 aromatic heterocycles. The van der Waals surface area contributed by atoms with Gasteiger partial charge in [-0.1, -0.05) is 35.7 Å². The molecule has 1 fully saturated rings. The summed E-state index contributed by atoms with van der Waals surface area (Å²) in [5, 5.41) is 16.4. The zero-order chi connectivity index (χ0) is 27.4. The van der Waals surface area contributed by atoms with Crippen molar-refractivity contribution in [2.24, 2.45) is 5.73 Å². The topological polar surface area (TPSA) is 120 Å². The number of allylic oxidation sites excluding steroid dienone is 1. The number of carbonyl (C=O) groups is 1. The lowest BCUT2D eigenvalue weighted by Gasteiger charge is -2.30. The number of anilines is 2. The van der Waals surface area contributed by atoms with Crippen LogP contribution in [0.4, 0.5) is 20.1 Å². The lowest BCUT2D eigenvalue weighted by molar-refractivity contribution is 0.139. The summed E-state index contributed by atoms with van der Waals surface area (Å²) in [6.45, 7) is 2.89. The standard InChI is InChI=1S/C26H26FN9OS2/c1-4-17-23(34(3)25-31-21(19(13-28)38-25)14-7-9-15(27)10-8-14)36-26(30-17)39-22(32-36)16-12-20(33(2)24(29)37)35-11-5-6-18(16)35/h6-10,16,20H,4-5,11-12H2,1-3H3,(H2,29,37)/t16-,20?/m1/s1. The predicted molar refractivity (Wildman–Crippen MR) is 148 cm³/mol. The maximum Gasteiger partial charge on any atom is 0.316 e. The number of primary amides is 1. The van der Waals surface area contributed by atoms with Gasteiger partial charge in [-0.15, -0.1) is 0 Å². The van der Waals surface area contributed by atoms with E-state index in [1.54, 1.807) is 35.4 Å². The van der Waals surface area contributed by atoms with Crippen LogP contribution < -0.4 is 10.6 Å². The van der Waals surface area contributed by atoms with Gasteiger partial charge in [-0.05, 0) is 37.1 Å². The van der Waals surface area contributed by atoms with Crippen LogP contribution in [0.15, 0.2) is 36.0 Å². The fourth-order valence-electron chi connectivity index (χ4n) is 5.39. The van der Waals surface area contributed by atoms with Crippen molar-refractivity contribution >= 4 is 44.6 Å². The first-order valence-corrected chi connectivity index (χ1v) is 14.2. The molecule has 1 saturated heterocycles. The van der Waals surface area contributed by atoms with Crippen LogP contribution in [0, 0.1) is 17.1 Å². The van der Waals surface area contributed by atoms with Crippen molar-refractivity contribution < 1.29 is 9.18 Å². The van der Waals surface area contributed by atoms with Crippen LogP contribution in [0.25, 0.3) is 16.2 Å². The lowest BCUT2D eigenvalue weighted by atomic mass is 10.1. The normalized spacial score (nSPS) is 18.3. The van der Waals surface area contributed by atoms with E-state index < -0.39 is 6.03 Å². The number of hydrogen-bond acceptors (Lipinski definition) is 9. The molecular formula is C26H26FN9OS2. The molecule has 0 radical (unpaired) electrons. The highest BCUT2D eigenvalue weighted by molar-refractivity contribution is 7.17. The number of nitrogens with two attached hydrogens (primary N) is 1. The molecule has 1 aromatic carbocycles. The van der Waals surface area contributed by atoms with Gasteiger partial charge in [0.2, 0.25) is 4.96 Å². The van der Waals surface area contributed by atoms with Crippen molar-refractivity contribution in [3.63, 3.8) is 0 Å². The Morgan fingerprint density at radius 2 is 2.03 bits per heavy atom. The van der Waals surface area contributed by atoms with E-state index in [9.17, 15) is 14.4 Å². The maximum atomic E-state index is 13.5. The van der Waals surface area contributed by atoms with Crippen LogP contribution in [0.5, 0.6) is 0 Å². The molecule has 2 atom stereocenters. The number of aromatic nitrogens is 4. The van der Waals surface area contributed by atoms with E-state index in [0.717, 1.165) is 34.4 Å². The van der Waals surface area contributed by atoms with Crippen LogP contribution in [-0.4, -0.2) is 62.2 Å². The minimum atomic E-state index is -0.447. The number of nitrogens with zero attached hydrogens (tertiary/aromatic N) is 8. The number of fused-ring (bicyclic) bond motifs is 2. The molecule has 0 bridgehead atoms. The summed E-state index contributed by atoms with van der Waals surface area (Å²) in [7, 11) is 3.63. The van der Waals surface area contributed by atoms with E-state index in [1.807, 2.05) is 23.4 Å². The minimum absolute atomic E-state index is 0.0457. The van der Waals surface area contributed by atoms with Crippen LogP contribution in [0.3, 0.4) is 0 Å². The summed E-state index contributed by atoms with van der Waals surface area (Å²) in [4.78, 5) is 28.6. The average molecular weight is 564 g/mol. The Hall–Kier alpha value is -4.02. The molecule has 0 saturated carbocycles. The molecule has 0 spiro atoms. The first-order chi connectivity index (χ1) is 18.8. The Balaban J connectivity index is 1.38. The third-order valence-corrected chi connectivity index (χ3v) is 9.41. The highest BCUT2D eigenvalue weighted by Crippen LogP contribution is 2.46. The molecule has 2 aliphatic heterocycles. The highest BCUT2D eigenvalue weighted by Gasteiger charge is 2.43. The number of imidazole rings is 1. The van der Waals surface area contributed by atoms with E-state index in [2.05, 4.69) is 17.0 Å². The first kappa shape index (κ1) is 25.3. The molecule has 0 aliphatic carbocycles. The molecule has 5 heterocycles. The van der Waals surface area contributed by atoms with E-state index in [-0.39, 0.29) is 17.9 Å². The number of rotatable bonds is 6. The largest absolute Gasteiger partial charge is 0.354 e. The summed E-state index contributed by atoms with van der Waals surface area (Å²) in [5.74, 6) is 0.495. The summed E-state index contributed by atoms with van der Waals surface area (Å²) < 4.78 is 15.3. The Morgan fingerprint density at radius 3 is 2.72 bits per heavy atom. The summed E-state index contributed by atoms with van der Waals surface area (Å²) in [6, 6.07) is 7.76. The Morgan fingerprint density at radius 1 is 1.26 bits per heavy atom. The Kier molecular flexibility index (Phi) is 6.23. The summed E-state index contributed by atoms with van der Waals surface area (Å²) >= 11 is 2.82. The van der Waals surface area contributed by atoms with Crippen LogP contribution in [-0.2, 0) is 6.42 Å². The first-order valence-electron chi connectivity index (χ1n) is 12.6. The van der Waals surface area contributed by atoms with Crippen molar-refractivity contribution in [1.82, 2.24) is 29.4 Å². The molecule has 200 valence electrons. The van der Waals surface area contributed by atoms with Crippen LogP contribution >= 0.6 is 22.7 Å². The fourth-order valence-corrected chi connectivity index (χ4v) is 7.28. The van der Waals surface area contributed by atoms with Gasteiger partial charge in [0.1, 0.15) is 33.6 Å². The van der Waals surface area contributed by atoms with Gasteiger partial charge in [0.05, 0.1) is 11.6 Å². The summed E-state index contributed by atoms with van der Waals surface area (Å²) in [5.41, 5.74) is 8.85. The number of carbonyl (C=O) groups excluding carboxylic acids is 1. The minimum Gasteiger partial charge on any atom is -0.354 e. The molecule has 2 aliphatic rings. The van der Waals surface area contributed by atoms with Crippen molar-refractivity contribution in [2.75, 3.05) is 25.5 Å². The van der Waals surface area contributed by atoms with E-state index in [0.29, 0.717) is 34.1 Å². The second-order valence-electron chi connectivity index (χ2n) is 9.55. The molecule has 10 nitrogen and oxygen atoms in total. The quantitative estimate of drug-likeness (QED) is 0.362. The molecule has 2 N–H and O–H groups in total. The second-order valence-corrected chi connectivity index (χ2v) is 11.5. The zero-order valence-corrected chi connectivity index (χ0v) is 23.3. The van der Waals surface area contributed by atoms with Crippen LogP contribution in [0.2, 0.25) is 0 Å². The van der Waals surface area contributed by atoms with Gasteiger partial charge in [0.25, 0.3) is 0 Å². The molecule has 39 heavy (non-hydrogen) atoms. The lowest BCUT2D eigenvalue weighted by Crippen LogP contribution is -2.46. The van der Waals surface area contributed by atoms with Gasteiger partial charge >= 0.3 is 6.03 Å². The van der Waals surface area contributed by atoms with Crippen LogP contribution in [0.1, 0.15) is 41.3 Å². The van der Waals surface area contributed by atoms with Crippen molar-refractivity contribution in [3.05, 3.63) is 57.4 Å². The summed E-state index contributed by atoms with van der Waals surface area (Å²) in [6.07, 6.45) is 4.46. The van der Waals surface area contributed by atoms with E-state index >= 15 is 0 Å². The van der Waals surface area contributed by atoms with Gasteiger partial charge in [-0.25, -0.2) is 19.2 Å². The number of hydrogen-bond donors (Lipinski definition) is 1. The van der Waals surface area contributed by atoms with Gasteiger partial charge < -0.3 is 20.4 Å². The molecule has 13 heteroatoms. The number of benzene rings is 1. The highest BCUT2D eigenvalue weighted by atomic mass is 32.1. The monoisotopic (exact) mass is 563 g/mol. The third-order valence-electron chi connectivity index (χ3n) is 7.35. The molecule has 4 aromatic rings. The van der Waals surface area contributed by atoms with E-state index in [4.69, 9.17) is 20.8 Å². The average Bonchev–Trinajstić information content (AvgIpc) is 3.73. The van der Waals surface area contributed by atoms with Gasteiger partial charge in [-0.2, -0.15) is 14.9 Å². The second kappa shape index (κ2) is 9.62. The molecule has 6 rings (SSSR count). The third kappa shape index (κ3) is 4.11. The smallest absolute Gasteiger partial charge is 0.316 e. The fraction of sp³-hybridized carbons (Fsp3) is 0.346. The maximum absolute atomic E-state index is 13.5. The zero-order valence-electron chi connectivity index (χ0n) is 21.6. The molecule has 1 unspecified atom stereocenters. The number of nitriles is 1. The number of halogens is 1. The van der Waals surface area contributed by atoms with Gasteiger partial charge in [0, 0.05) is 38.3 Å². The number of amides is 2. The van der Waals surface area contributed by atoms with Gasteiger partial charge in [-0.3, -0.25) is 0 Å². The molecular weight excluding hydrogens is 537 g/mol. The van der Waals surface area contributed by atoms with Crippen molar-refractivity contribution in [3.8, 4) is 17.3 Å².